The maximum absolute atomic E-state index is 12.0. The van der Waals surface area contributed by atoms with Crippen molar-refractivity contribution < 1.29 is 19.1 Å². The fraction of sp³-hybridized carbons (Fsp3) is 0.385. The summed E-state index contributed by atoms with van der Waals surface area (Å²) < 4.78 is 9.79. The number of hydrogen-bond acceptors (Lipinski definition) is 5. The summed E-state index contributed by atoms with van der Waals surface area (Å²) in [6.07, 6.45) is 0. The van der Waals surface area contributed by atoms with Crippen molar-refractivity contribution in [3.63, 3.8) is 0 Å². The molecule has 1 aromatic rings. The number of carbonyl (C=O) groups is 2. The predicted octanol–water partition coefficient (Wildman–Crippen LogP) is 0.548. The van der Waals surface area contributed by atoms with Crippen LogP contribution in [0.3, 0.4) is 0 Å². The Balaban J connectivity index is 2.83. The van der Waals surface area contributed by atoms with Gasteiger partial charge >= 0.3 is 5.97 Å². The summed E-state index contributed by atoms with van der Waals surface area (Å²) >= 11 is 0. The number of methoxy groups -OCH3 is 1. The fourth-order valence-corrected chi connectivity index (χ4v) is 1.49. The van der Waals surface area contributed by atoms with Gasteiger partial charge in [-0.3, -0.25) is 4.79 Å². The van der Waals surface area contributed by atoms with Crippen molar-refractivity contribution in [3.8, 4) is 5.75 Å². The molecule has 19 heavy (non-hydrogen) atoms. The van der Waals surface area contributed by atoms with Gasteiger partial charge in [0.1, 0.15) is 5.75 Å². The lowest BCUT2D eigenvalue weighted by molar-refractivity contribution is -0.147. The van der Waals surface area contributed by atoms with E-state index in [2.05, 4.69) is 0 Å². The minimum Gasteiger partial charge on any atom is -0.497 e. The van der Waals surface area contributed by atoms with E-state index in [1.807, 2.05) is 0 Å². The summed E-state index contributed by atoms with van der Waals surface area (Å²) in [5.74, 6) is -0.657. The molecule has 6 heteroatoms. The van der Waals surface area contributed by atoms with Gasteiger partial charge in [0.2, 0.25) is 0 Å². The van der Waals surface area contributed by atoms with Crippen molar-refractivity contribution in [2.24, 2.45) is 5.73 Å². The molecule has 1 amide bonds. The number of anilines is 1. The first-order valence-corrected chi connectivity index (χ1v) is 5.85. The first-order valence-electron chi connectivity index (χ1n) is 5.85. The molecule has 1 unspecified atom stereocenters. The molecule has 0 aliphatic carbocycles. The Morgan fingerprint density at radius 2 is 2.11 bits per heavy atom. The molecule has 0 spiro atoms. The summed E-state index contributed by atoms with van der Waals surface area (Å²) in [7, 11) is 3.07. The van der Waals surface area contributed by atoms with E-state index >= 15 is 0 Å². The average Bonchev–Trinajstić information content (AvgIpc) is 2.45. The fourth-order valence-electron chi connectivity index (χ4n) is 1.49. The van der Waals surface area contributed by atoms with E-state index in [4.69, 9.17) is 15.2 Å². The zero-order valence-corrected chi connectivity index (χ0v) is 11.3. The molecule has 0 fully saturated rings. The van der Waals surface area contributed by atoms with Crippen LogP contribution in [0, 0.1) is 0 Å². The van der Waals surface area contributed by atoms with E-state index < -0.39 is 17.9 Å². The Bertz CT molecular complexity index is 462. The average molecular weight is 266 g/mol. The lowest BCUT2D eigenvalue weighted by atomic mass is 10.2. The van der Waals surface area contributed by atoms with Crippen LogP contribution in [-0.4, -0.2) is 38.7 Å². The molecular weight excluding hydrogens is 248 g/mol. The molecule has 0 radical (unpaired) electrons. The van der Waals surface area contributed by atoms with Crippen molar-refractivity contribution in [2.45, 2.75) is 13.0 Å². The standard InChI is InChI=1S/C13H18N2O4/c1-4-19-13(17)11(14)12(16)15(2)9-6-5-7-10(8-9)18-3/h5-8,11H,4,14H2,1-3H3. The predicted molar refractivity (Wildman–Crippen MR) is 71.0 cm³/mol. The third-order valence-corrected chi connectivity index (χ3v) is 2.58. The van der Waals surface area contributed by atoms with E-state index in [-0.39, 0.29) is 6.61 Å². The number of nitrogens with zero attached hydrogens (tertiary/aromatic N) is 1. The number of hydrogen-bond donors (Lipinski definition) is 1. The minimum absolute atomic E-state index is 0.183. The number of amides is 1. The highest BCUT2D eigenvalue weighted by Gasteiger charge is 2.27. The summed E-state index contributed by atoms with van der Waals surface area (Å²) in [6.45, 7) is 1.84. The third-order valence-electron chi connectivity index (χ3n) is 2.58. The third kappa shape index (κ3) is 3.69. The Morgan fingerprint density at radius 3 is 2.68 bits per heavy atom. The maximum Gasteiger partial charge on any atom is 0.332 e. The van der Waals surface area contributed by atoms with Crippen LogP contribution in [0.5, 0.6) is 5.75 Å². The number of likely N-dealkylation sites (N-methyl/N-ethyl adjacent to an activating group) is 1. The van der Waals surface area contributed by atoms with E-state index in [1.54, 1.807) is 31.2 Å². The zero-order chi connectivity index (χ0) is 14.4. The highest BCUT2D eigenvalue weighted by molar-refractivity contribution is 6.09. The molecule has 0 saturated carbocycles. The molecule has 2 N–H and O–H groups in total. The highest BCUT2D eigenvalue weighted by atomic mass is 16.5. The first kappa shape index (κ1) is 15.0. The first-order chi connectivity index (χ1) is 9.01. The number of rotatable bonds is 5. The quantitative estimate of drug-likeness (QED) is 0.621. The zero-order valence-electron chi connectivity index (χ0n) is 11.3. The summed E-state index contributed by atoms with van der Waals surface area (Å²) in [6, 6.07) is 5.57. The number of carbonyl (C=O) groups excluding carboxylic acids is 2. The summed E-state index contributed by atoms with van der Waals surface area (Å²) in [5, 5.41) is 0. The van der Waals surface area contributed by atoms with Gasteiger partial charge in [-0.05, 0) is 19.1 Å². The maximum atomic E-state index is 12.0. The van der Waals surface area contributed by atoms with Crippen molar-refractivity contribution in [1.29, 1.82) is 0 Å². The van der Waals surface area contributed by atoms with Gasteiger partial charge in [0.05, 0.1) is 13.7 Å². The van der Waals surface area contributed by atoms with E-state index in [0.29, 0.717) is 11.4 Å². The van der Waals surface area contributed by atoms with Gasteiger partial charge in [-0.1, -0.05) is 6.07 Å². The number of ether oxygens (including phenoxy) is 2. The largest absolute Gasteiger partial charge is 0.497 e. The molecule has 0 aliphatic heterocycles. The molecule has 6 nitrogen and oxygen atoms in total. The smallest absolute Gasteiger partial charge is 0.332 e. The molecule has 0 heterocycles. The van der Waals surface area contributed by atoms with Gasteiger partial charge in [-0.25, -0.2) is 4.79 Å². The van der Waals surface area contributed by atoms with Gasteiger partial charge in [0, 0.05) is 18.8 Å². The Kier molecular flexibility index (Phi) is 5.32. The molecule has 1 atom stereocenters. The normalized spacial score (nSPS) is 11.6. The second kappa shape index (κ2) is 6.75. The van der Waals surface area contributed by atoms with Gasteiger partial charge in [0.25, 0.3) is 5.91 Å². The molecule has 0 aromatic heterocycles. The lowest BCUT2D eigenvalue weighted by Gasteiger charge is -2.20. The Morgan fingerprint density at radius 1 is 1.42 bits per heavy atom. The van der Waals surface area contributed by atoms with Crippen LogP contribution in [0.15, 0.2) is 24.3 Å². The van der Waals surface area contributed by atoms with Crippen LogP contribution in [0.2, 0.25) is 0 Å². The lowest BCUT2D eigenvalue weighted by Crippen LogP contribution is -2.47. The van der Waals surface area contributed by atoms with Crippen molar-refractivity contribution in [2.75, 3.05) is 25.7 Å². The van der Waals surface area contributed by atoms with Crippen LogP contribution >= 0.6 is 0 Å². The summed E-state index contributed by atoms with van der Waals surface area (Å²) in [4.78, 5) is 24.7. The van der Waals surface area contributed by atoms with Crippen LogP contribution in [0.4, 0.5) is 5.69 Å². The number of esters is 1. The van der Waals surface area contributed by atoms with E-state index in [0.717, 1.165) is 0 Å². The van der Waals surface area contributed by atoms with Gasteiger partial charge in [0.15, 0.2) is 6.04 Å². The van der Waals surface area contributed by atoms with Crippen LogP contribution in [-0.2, 0) is 14.3 Å². The van der Waals surface area contributed by atoms with Crippen molar-refractivity contribution in [1.82, 2.24) is 0 Å². The van der Waals surface area contributed by atoms with Crippen LogP contribution in [0.25, 0.3) is 0 Å². The SMILES string of the molecule is CCOC(=O)C(N)C(=O)N(C)c1cccc(OC)c1. The molecule has 0 bridgehead atoms. The second-order valence-electron chi connectivity index (χ2n) is 3.83. The molecule has 1 rings (SSSR count). The number of benzene rings is 1. The molecule has 1 aromatic carbocycles. The van der Waals surface area contributed by atoms with Gasteiger partial charge < -0.3 is 20.1 Å². The molecule has 0 aliphatic rings. The van der Waals surface area contributed by atoms with Crippen LogP contribution < -0.4 is 15.4 Å². The molecule has 0 saturated heterocycles. The Labute approximate surface area is 112 Å². The van der Waals surface area contributed by atoms with E-state index in [1.165, 1.54) is 19.1 Å². The van der Waals surface area contributed by atoms with Crippen molar-refractivity contribution >= 4 is 17.6 Å². The van der Waals surface area contributed by atoms with Gasteiger partial charge in [-0.2, -0.15) is 0 Å². The molecular formula is C13H18N2O4. The Hall–Kier alpha value is -2.08. The summed E-state index contributed by atoms with van der Waals surface area (Å²) in [5.41, 5.74) is 6.15. The highest BCUT2D eigenvalue weighted by Crippen LogP contribution is 2.20. The monoisotopic (exact) mass is 266 g/mol. The van der Waals surface area contributed by atoms with Gasteiger partial charge in [-0.15, -0.1) is 0 Å². The minimum atomic E-state index is -1.32. The molecule has 104 valence electrons. The second-order valence-corrected chi connectivity index (χ2v) is 3.83. The number of nitrogens with two attached hydrogens (primary N) is 1. The van der Waals surface area contributed by atoms with Crippen LogP contribution in [0.1, 0.15) is 6.92 Å². The van der Waals surface area contributed by atoms with Crippen molar-refractivity contribution in [3.05, 3.63) is 24.3 Å². The van der Waals surface area contributed by atoms with E-state index in [9.17, 15) is 9.59 Å². The topological polar surface area (TPSA) is 81.9 Å².